The van der Waals surface area contributed by atoms with Gasteiger partial charge in [0.25, 0.3) is 0 Å². The van der Waals surface area contributed by atoms with Crippen LogP contribution in [0.3, 0.4) is 0 Å². The molecule has 0 aromatic carbocycles. The number of rotatable bonds is 6. The minimum Gasteiger partial charge on any atom is -0.481 e. The summed E-state index contributed by atoms with van der Waals surface area (Å²) in [6.45, 7) is 4.01. The Morgan fingerprint density at radius 3 is 2.50 bits per heavy atom. The van der Waals surface area contributed by atoms with Crippen LogP contribution in [-0.4, -0.2) is 30.3 Å². The van der Waals surface area contributed by atoms with Gasteiger partial charge in [-0.15, -0.1) is 0 Å². The van der Waals surface area contributed by atoms with Crippen LogP contribution in [0.25, 0.3) is 0 Å². The summed E-state index contributed by atoms with van der Waals surface area (Å²) >= 11 is 0. The summed E-state index contributed by atoms with van der Waals surface area (Å²) in [4.78, 5) is 21.5. The molecule has 0 spiro atoms. The van der Waals surface area contributed by atoms with Crippen LogP contribution in [0.4, 0.5) is 4.79 Å². The third-order valence-electron chi connectivity index (χ3n) is 1.75. The maximum atomic E-state index is 10.8. The molecule has 14 heavy (non-hydrogen) atoms. The van der Waals surface area contributed by atoms with Gasteiger partial charge in [-0.1, -0.05) is 13.3 Å². The third-order valence-corrected chi connectivity index (χ3v) is 1.75. The van der Waals surface area contributed by atoms with Crippen LogP contribution in [0.15, 0.2) is 0 Å². The van der Waals surface area contributed by atoms with Crippen LogP contribution in [-0.2, 0) is 9.53 Å². The molecule has 5 nitrogen and oxygen atoms in total. The predicted molar refractivity (Wildman–Crippen MR) is 51.1 cm³/mol. The maximum absolute atomic E-state index is 10.8. The van der Waals surface area contributed by atoms with Crippen molar-refractivity contribution in [2.75, 3.05) is 13.2 Å². The Kier molecular flexibility index (Phi) is 6.53. The standard InChI is InChI=1S/C9H17NO4/c1-3-5-7(8(11)12)6-10-9(13)14-4-2/h7H,3-6H2,1-2H3,(H,10,13)(H,11,12). The molecule has 1 amide bonds. The zero-order valence-corrected chi connectivity index (χ0v) is 8.58. The van der Waals surface area contributed by atoms with Gasteiger partial charge in [-0.3, -0.25) is 4.79 Å². The first kappa shape index (κ1) is 12.7. The number of aliphatic carboxylic acids is 1. The Labute approximate surface area is 83.4 Å². The van der Waals surface area contributed by atoms with E-state index in [1.807, 2.05) is 6.92 Å². The lowest BCUT2D eigenvalue weighted by Crippen LogP contribution is -2.33. The molecule has 0 aromatic rings. The van der Waals surface area contributed by atoms with Crippen molar-refractivity contribution >= 4 is 12.1 Å². The van der Waals surface area contributed by atoms with Crippen molar-refractivity contribution in [2.45, 2.75) is 26.7 Å². The molecule has 0 fully saturated rings. The second-order valence-corrected chi connectivity index (χ2v) is 2.93. The number of carbonyl (C=O) groups excluding carboxylic acids is 1. The van der Waals surface area contributed by atoms with Gasteiger partial charge in [0.2, 0.25) is 0 Å². The van der Waals surface area contributed by atoms with Gasteiger partial charge in [0, 0.05) is 6.54 Å². The van der Waals surface area contributed by atoms with Crippen LogP contribution in [0.2, 0.25) is 0 Å². The first-order chi connectivity index (χ1) is 6.61. The molecule has 1 atom stereocenters. The highest BCUT2D eigenvalue weighted by molar-refractivity contribution is 5.72. The SMILES string of the molecule is CCCC(CNC(=O)OCC)C(=O)O. The van der Waals surface area contributed by atoms with Gasteiger partial charge in [0.15, 0.2) is 0 Å². The molecular weight excluding hydrogens is 186 g/mol. The Morgan fingerprint density at radius 2 is 2.07 bits per heavy atom. The zero-order valence-electron chi connectivity index (χ0n) is 8.58. The lowest BCUT2D eigenvalue weighted by Gasteiger charge is -2.11. The van der Waals surface area contributed by atoms with Gasteiger partial charge in [-0.2, -0.15) is 0 Å². The number of ether oxygens (including phenoxy) is 1. The molecule has 0 saturated carbocycles. The summed E-state index contributed by atoms with van der Waals surface area (Å²) in [5.74, 6) is -1.41. The van der Waals surface area contributed by atoms with Crippen LogP contribution in [0.5, 0.6) is 0 Å². The number of nitrogens with one attached hydrogen (secondary N) is 1. The van der Waals surface area contributed by atoms with Crippen LogP contribution in [0.1, 0.15) is 26.7 Å². The van der Waals surface area contributed by atoms with E-state index in [9.17, 15) is 9.59 Å². The highest BCUT2D eigenvalue weighted by Gasteiger charge is 2.17. The molecule has 1 unspecified atom stereocenters. The highest BCUT2D eigenvalue weighted by atomic mass is 16.5. The van der Waals surface area contributed by atoms with Crippen molar-refractivity contribution in [3.63, 3.8) is 0 Å². The van der Waals surface area contributed by atoms with Crippen molar-refractivity contribution in [2.24, 2.45) is 5.92 Å². The molecule has 0 aliphatic rings. The summed E-state index contributed by atoms with van der Waals surface area (Å²) in [5.41, 5.74) is 0. The largest absolute Gasteiger partial charge is 0.481 e. The summed E-state index contributed by atoms with van der Waals surface area (Å²) in [5, 5.41) is 11.2. The average molecular weight is 203 g/mol. The Hall–Kier alpha value is -1.26. The van der Waals surface area contributed by atoms with E-state index >= 15 is 0 Å². The maximum Gasteiger partial charge on any atom is 0.407 e. The quantitative estimate of drug-likeness (QED) is 0.680. The van der Waals surface area contributed by atoms with E-state index in [1.54, 1.807) is 6.92 Å². The van der Waals surface area contributed by atoms with E-state index < -0.39 is 18.0 Å². The predicted octanol–water partition coefficient (Wildman–Crippen LogP) is 1.23. The fourth-order valence-electron chi connectivity index (χ4n) is 1.05. The molecule has 0 radical (unpaired) electrons. The monoisotopic (exact) mass is 203 g/mol. The van der Waals surface area contributed by atoms with Crippen molar-refractivity contribution in [3.8, 4) is 0 Å². The van der Waals surface area contributed by atoms with E-state index in [0.717, 1.165) is 6.42 Å². The molecule has 0 rings (SSSR count). The number of amides is 1. The normalized spacial score (nSPS) is 11.9. The molecule has 0 saturated heterocycles. The summed E-state index contributed by atoms with van der Waals surface area (Å²) in [6.07, 6.45) is 0.776. The lowest BCUT2D eigenvalue weighted by atomic mass is 10.0. The van der Waals surface area contributed by atoms with Gasteiger partial charge in [0.1, 0.15) is 0 Å². The molecule has 0 aromatic heterocycles. The fraction of sp³-hybridized carbons (Fsp3) is 0.778. The first-order valence-electron chi connectivity index (χ1n) is 4.75. The number of hydrogen-bond acceptors (Lipinski definition) is 3. The first-order valence-corrected chi connectivity index (χ1v) is 4.75. The Morgan fingerprint density at radius 1 is 1.43 bits per heavy atom. The van der Waals surface area contributed by atoms with E-state index in [-0.39, 0.29) is 13.2 Å². The Balaban J connectivity index is 3.81. The molecule has 0 aliphatic heterocycles. The van der Waals surface area contributed by atoms with Gasteiger partial charge >= 0.3 is 12.1 Å². The van der Waals surface area contributed by atoms with Gasteiger partial charge in [0.05, 0.1) is 12.5 Å². The van der Waals surface area contributed by atoms with E-state index in [0.29, 0.717) is 6.42 Å². The van der Waals surface area contributed by atoms with Crippen LogP contribution >= 0.6 is 0 Å². The number of carboxylic acid groups (broad SMARTS) is 1. The topological polar surface area (TPSA) is 75.6 Å². The molecular formula is C9H17NO4. The minimum atomic E-state index is -0.886. The third kappa shape index (κ3) is 5.40. The van der Waals surface area contributed by atoms with Crippen molar-refractivity contribution < 1.29 is 19.4 Å². The summed E-state index contributed by atoms with van der Waals surface area (Å²) in [6, 6.07) is 0. The number of alkyl carbamates (subject to hydrolysis) is 1. The van der Waals surface area contributed by atoms with Crippen LogP contribution in [0, 0.1) is 5.92 Å². The van der Waals surface area contributed by atoms with Crippen molar-refractivity contribution in [3.05, 3.63) is 0 Å². The second-order valence-electron chi connectivity index (χ2n) is 2.93. The second kappa shape index (κ2) is 7.17. The molecule has 0 heterocycles. The van der Waals surface area contributed by atoms with Crippen molar-refractivity contribution in [1.82, 2.24) is 5.32 Å². The average Bonchev–Trinajstić information content (AvgIpc) is 2.12. The molecule has 5 heteroatoms. The lowest BCUT2D eigenvalue weighted by molar-refractivity contribution is -0.141. The van der Waals surface area contributed by atoms with Gasteiger partial charge in [-0.25, -0.2) is 4.79 Å². The number of carboxylic acids is 1. The zero-order chi connectivity index (χ0) is 11.0. The molecule has 0 aliphatic carbocycles. The Bertz CT molecular complexity index is 193. The van der Waals surface area contributed by atoms with E-state index in [4.69, 9.17) is 5.11 Å². The van der Waals surface area contributed by atoms with Gasteiger partial charge < -0.3 is 15.2 Å². The smallest absolute Gasteiger partial charge is 0.407 e. The van der Waals surface area contributed by atoms with Crippen molar-refractivity contribution in [1.29, 1.82) is 0 Å². The van der Waals surface area contributed by atoms with Crippen LogP contribution < -0.4 is 5.32 Å². The minimum absolute atomic E-state index is 0.127. The molecule has 82 valence electrons. The van der Waals surface area contributed by atoms with E-state index in [1.165, 1.54) is 0 Å². The number of carbonyl (C=O) groups is 2. The highest BCUT2D eigenvalue weighted by Crippen LogP contribution is 2.04. The van der Waals surface area contributed by atoms with E-state index in [2.05, 4.69) is 10.1 Å². The summed E-state index contributed by atoms with van der Waals surface area (Å²) < 4.78 is 4.61. The summed E-state index contributed by atoms with van der Waals surface area (Å²) in [7, 11) is 0. The number of hydrogen-bond donors (Lipinski definition) is 2. The molecule has 2 N–H and O–H groups in total. The molecule has 0 bridgehead atoms. The van der Waals surface area contributed by atoms with Gasteiger partial charge in [-0.05, 0) is 13.3 Å². The fourth-order valence-corrected chi connectivity index (χ4v) is 1.05.